The van der Waals surface area contributed by atoms with Crippen LogP contribution < -0.4 is 5.73 Å². The van der Waals surface area contributed by atoms with E-state index in [0.717, 1.165) is 25.9 Å². The number of nitrogen functional groups attached to an aromatic ring is 1. The average Bonchev–Trinajstić information content (AvgIpc) is 2.45. The van der Waals surface area contributed by atoms with E-state index in [-0.39, 0.29) is 17.3 Å². The van der Waals surface area contributed by atoms with Crippen molar-refractivity contribution < 1.29 is 4.79 Å². The highest BCUT2D eigenvalue weighted by Gasteiger charge is 2.20. The number of anilines is 1. The van der Waals surface area contributed by atoms with Crippen molar-refractivity contribution in [3.63, 3.8) is 0 Å². The Bertz CT molecular complexity index is 534. The van der Waals surface area contributed by atoms with E-state index in [0.29, 0.717) is 16.8 Å². The molecule has 0 saturated carbocycles. The van der Waals surface area contributed by atoms with Gasteiger partial charge in [-0.25, -0.2) is 9.97 Å². The number of thioether (sulfide) groups is 1. The summed E-state index contributed by atoms with van der Waals surface area (Å²) in [6.07, 6.45) is 3.52. The van der Waals surface area contributed by atoms with E-state index in [9.17, 15) is 4.79 Å². The summed E-state index contributed by atoms with van der Waals surface area (Å²) in [5.74, 6) is 1.27. The molecule has 20 heavy (non-hydrogen) atoms. The van der Waals surface area contributed by atoms with Gasteiger partial charge in [0.05, 0.1) is 11.9 Å². The van der Waals surface area contributed by atoms with Crippen LogP contribution >= 0.6 is 11.8 Å². The molecule has 1 amide bonds. The number of nitrogens with two attached hydrogens (primary N) is 1. The Morgan fingerprint density at radius 3 is 2.90 bits per heavy atom. The fraction of sp³-hybridized carbons (Fsp3) is 0.538. The predicted octanol–water partition coefficient (Wildman–Crippen LogP) is 1.28. The van der Waals surface area contributed by atoms with E-state index in [1.54, 1.807) is 0 Å². The molecule has 1 aliphatic heterocycles. The van der Waals surface area contributed by atoms with Gasteiger partial charge >= 0.3 is 0 Å². The molecular formula is C13H17N5OS. The number of nitrogens with zero attached hydrogens (tertiary/aromatic N) is 4. The van der Waals surface area contributed by atoms with Gasteiger partial charge in [-0.05, 0) is 18.8 Å². The second-order valence-corrected chi connectivity index (χ2v) is 5.86. The zero-order chi connectivity index (χ0) is 14.5. The number of amides is 1. The number of carbonyl (C=O) groups is 1. The van der Waals surface area contributed by atoms with Crippen molar-refractivity contribution in [2.24, 2.45) is 5.92 Å². The molecule has 0 spiro atoms. The van der Waals surface area contributed by atoms with Crippen molar-refractivity contribution >= 4 is 23.5 Å². The minimum atomic E-state index is 0.105. The van der Waals surface area contributed by atoms with Gasteiger partial charge in [-0.15, -0.1) is 0 Å². The van der Waals surface area contributed by atoms with Crippen LogP contribution in [0.4, 0.5) is 5.82 Å². The maximum absolute atomic E-state index is 12.1. The third kappa shape index (κ3) is 3.61. The average molecular weight is 291 g/mol. The molecule has 0 radical (unpaired) electrons. The van der Waals surface area contributed by atoms with Crippen LogP contribution in [-0.4, -0.2) is 39.6 Å². The number of likely N-dealkylation sites (tertiary alicyclic amines) is 1. The van der Waals surface area contributed by atoms with E-state index in [1.807, 2.05) is 11.0 Å². The first-order chi connectivity index (χ1) is 9.60. The van der Waals surface area contributed by atoms with Gasteiger partial charge in [-0.1, -0.05) is 18.7 Å². The molecule has 0 aliphatic carbocycles. The summed E-state index contributed by atoms with van der Waals surface area (Å²) in [5, 5.41) is 9.17. The molecule has 2 rings (SSSR count). The van der Waals surface area contributed by atoms with Crippen LogP contribution in [0.15, 0.2) is 11.4 Å². The molecule has 1 fully saturated rings. The maximum atomic E-state index is 12.1. The van der Waals surface area contributed by atoms with Crippen molar-refractivity contribution in [3.8, 4) is 6.07 Å². The Kier molecular flexibility index (Phi) is 4.79. The number of rotatable bonds is 3. The fourth-order valence-corrected chi connectivity index (χ4v) is 2.73. The molecular weight excluding hydrogens is 274 g/mol. The van der Waals surface area contributed by atoms with E-state index in [4.69, 9.17) is 11.0 Å². The highest BCUT2D eigenvalue weighted by Crippen LogP contribution is 2.19. The van der Waals surface area contributed by atoms with Gasteiger partial charge in [0.1, 0.15) is 17.5 Å². The van der Waals surface area contributed by atoms with Crippen LogP contribution in [-0.2, 0) is 4.79 Å². The Morgan fingerprint density at radius 2 is 2.30 bits per heavy atom. The van der Waals surface area contributed by atoms with Crippen LogP contribution in [0.1, 0.15) is 25.3 Å². The van der Waals surface area contributed by atoms with Gasteiger partial charge in [0.2, 0.25) is 5.91 Å². The minimum absolute atomic E-state index is 0.105. The van der Waals surface area contributed by atoms with Crippen molar-refractivity contribution in [1.29, 1.82) is 5.26 Å². The van der Waals surface area contributed by atoms with Gasteiger partial charge in [-0.2, -0.15) is 5.26 Å². The number of aromatic nitrogens is 2. The Labute approximate surface area is 122 Å². The number of hydrogen-bond donors (Lipinski definition) is 1. The van der Waals surface area contributed by atoms with E-state index in [1.165, 1.54) is 18.0 Å². The summed E-state index contributed by atoms with van der Waals surface area (Å²) in [5.41, 5.74) is 5.87. The molecule has 0 aromatic carbocycles. The second kappa shape index (κ2) is 6.57. The Hall–Kier alpha value is -1.81. The first-order valence-electron chi connectivity index (χ1n) is 6.53. The highest BCUT2D eigenvalue weighted by atomic mass is 32.2. The predicted molar refractivity (Wildman–Crippen MR) is 76.9 cm³/mol. The standard InChI is InChI=1S/C13H17N5OS/c1-9-2-4-18(5-3-9)11(19)8-20-13-16-7-10(6-14)12(15)17-13/h7,9H,2-5,8H2,1H3,(H2,15,16,17). The Balaban J connectivity index is 1.87. The van der Waals surface area contributed by atoms with Gasteiger partial charge in [0.15, 0.2) is 5.16 Å². The maximum Gasteiger partial charge on any atom is 0.233 e. The normalized spacial score (nSPS) is 15.9. The van der Waals surface area contributed by atoms with Crippen LogP contribution in [0.2, 0.25) is 0 Å². The zero-order valence-electron chi connectivity index (χ0n) is 11.4. The molecule has 106 valence electrons. The lowest BCUT2D eigenvalue weighted by molar-refractivity contribution is -0.129. The van der Waals surface area contributed by atoms with Crippen LogP contribution in [0, 0.1) is 17.2 Å². The molecule has 7 heteroatoms. The number of hydrogen-bond acceptors (Lipinski definition) is 6. The number of piperidine rings is 1. The smallest absolute Gasteiger partial charge is 0.233 e. The molecule has 2 N–H and O–H groups in total. The first-order valence-corrected chi connectivity index (χ1v) is 7.52. The van der Waals surface area contributed by atoms with Gasteiger partial charge in [0.25, 0.3) is 0 Å². The molecule has 1 saturated heterocycles. The monoisotopic (exact) mass is 291 g/mol. The van der Waals surface area contributed by atoms with E-state index < -0.39 is 0 Å². The van der Waals surface area contributed by atoms with Crippen LogP contribution in [0.25, 0.3) is 0 Å². The summed E-state index contributed by atoms with van der Waals surface area (Å²) in [4.78, 5) is 22.0. The SMILES string of the molecule is CC1CCN(C(=O)CSc2ncc(C#N)c(N)n2)CC1. The minimum Gasteiger partial charge on any atom is -0.382 e. The summed E-state index contributed by atoms with van der Waals surface area (Å²) in [6, 6.07) is 1.91. The van der Waals surface area contributed by atoms with E-state index in [2.05, 4.69) is 16.9 Å². The molecule has 1 aromatic heterocycles. The lowest BCUT2D eigenvalue weighted by Gasteiger charge is -2.30. The second-order valence-electron chi connectivity index (χ2n) is 4.92. The summed E-state index contributed by atoms with van der Waals surface area (Å²) >= 11 is 1.25. The summed E-state index contributed by atoms with van der Waals surface area (Å²) in [6.45, 7) is 3.87. The zero-order valence-corrected chi connectivity index (χ0v) is 12.2. The van der Waals surface area contributed by atoms with Gasteiger partial charge in [0, 0.05) is 13.1 Å². The molecule has 0 atom stereocenters. The molecule has 0 unspecified atom stereocenters. The molecule has 1 aliphatic rings. The fourth-order valence-electron chi connectivity index (χ4n) is 2.01. The third-order valence-corrected chi connectivity index (χ3v) is 4.22. The highest BCUT2D eigenvalue weighted by molar-refractivity contribution is 7.99. The lowest BCUT2D eigenvalue weighted by Crippen LogP contribution is -2.38. The molecule has 1 aromatic rings. The van der Waals surface area contributed by atoms with Crippen molar-refractivity contribution in [2.75, 3.05) is 24.6 Å². The van der Waals surface area contributed by atoms with E-state index >= 15 is 0 Å². The summed E-state index contributed by atoms with van der Waals surface area (Å²) < 4.78 is 0. The molecule has 6 nitrogen and oxygen atoms in total. The largest absolute Gasteiger partial charge is 0.382 e. The quantitative estimate of drug-likeness (QED) is 0.665. The van der Waals surface area contributed by atoms with Crippen molar-refractivity contribution in [2.45, 2.75) is 24.9 Å². The lowest BCUT2D eigenvalue weighted by atomic mass is 9.99. The van der Waals surface area contributed by atoms with Gasteiger partial charge < -0.3 is 10.6 Å². The van der Waals surface area contributed by atoms with Crippen molar-refractivity contribution in [3.05, 3.63) is 11.8 Å². The number of nitriles is 1. The van der Waals surface area contributed by atoms with Crippen LogP contribution in [0.3, 0.4) is 0 Å². The first kappa shape index (κ1) is 14.6. The summed E-state index contributed by atoms with van der Waals surface area (Å²) in [7, 11) is 0. The third-order valence-electron chi connectivity index (χ3n) is 3.38. The topological polar surface area (TPSA) is 95.9 Å². The molecule has 2 heterocycles. The number of carbonyl (C=O) groups excluding carboxylic acids is 1. The molecule has 0 bridgehead atoms. The Morgan fingerprint density at radius 1 is 1.60 bits per heavy atom. The van der Waals surface area contributed by atoms with Gasteiger partial charge in [-0.3, -0.25) is 4.79 Å². The van der Waals surface area contributed by atoms with Crippen molar-refractivity contribution in [1.82, 2.24) is 14.9 Å². The van der Waals surface area contributed by atoms with Crippen LogP contribution in [0.5, 0.6) is 0 Å².